The Balaban J connectivity index is 2.39. The number of hydrogen-bond acceptors (Lipinski definition) is 2. The third-order valence-electron chi connectivity index (χ3n) is 2.54. The number of amides is 1. The first-order chi connectivity index (χ1) is 7.49. The van der Waals surface area contributed by atoms with Crippen LogP contribution in [0.2, 0.25) is 0 Å². The predicted molar refractivity (Wildman–Crippen MR) is 63.8 cm³/mol. The van der Waals surface area contributed by atoms with Crippen LogP contribution in [0.3, 0.4) is 0 Å². The van der Waals surface area contributed by atoms with Gasteiger partial charge in [0.2, 0.25) is 5.91 Å². The van der Waals surface area contributed by atoms with E-state index in [0.717, 1.165) is 12.0 Å². The molecule has 4 heteroatoms. The Morgan fingerprint density at radius 1 is 1.56 bits per heavy atom. The summed E-state index contributed by atoms with van der Waals surface area (Å²) in [4.78, 5) is 13.5. The van der Waals surface area contributed by atoms with Crippen molar-refractivity contribution < 1.29 is 4.79 Å². The van der Waals surface area contributed by atoms with Gasteiger partial charge in [0.1, 0.15) is 0 Å². The molecular formula is C12H21N3O. The maximum absolute atomic E-state index is 11.8. The van der Waals surface area contributed by atoms with Crippen LogP contribution in [-0.4, -0.2) is 27.6 Å². The Hall–Kier alpha value is -1.32. The second-order valence-electron chi connectivity index (χ2n) is 4.70. The molecule has 1 amide bonds. The molecule has 1 aromatic heterocycles. The van der Waals surface area contributed by atoms with Gasteiger partial charge in [-0.15, -0.1) is 0 Å². The second kappa shape index (κ2) is 5.68. The summed E-state index contributed by atoms with van der Waals surface area (Å²) in [5.41, 5.74) is 1.07. The van der Waals surface area contributed by atoms with E-state index in [-0.39, 0.29) is 5.91 Å². The highest BCUT2D eigenvalue weighted by atomic mass is 16.2. The van der Waals surface area contributed by atoms with Crippen molar-refractivity contribution in [3.05, 3.63) is 18.0 Å². The highest BCUT2D eigenvalue weighted by molar-refractivity contribution is 5.75. The van der Waals surface area contributed by atoms with Crippen LogP contribution in [0.4, 0.5) is 0 Å². The van der Waals surface area contributed by atoms with Crippen LogP contribution in [0.5, 0.6) is 0 Å². The summed E-state index contributed by atoms with van der Waals surface area (Å²) in [5.74, 6) is 0.785. The van der Waals surface area contributed by atoms with Crippen LogP contribution in [0.15, 0.2) is 12.4 Å². The number of aryl methyl sites for hydroxylation is 1. The smallest absolute Gasteiger partial charge is 0.222 e. The molecule has 0 bridgehead atoms. The quantitative estimate of drug-likeness (QED) is 0.763. The molecule has 0 unspecified atom stereocenters. The highest BCUT2D eigenvalue weighted by Gasteiger charge is 2.10. The van der Waals surface area contributed by atoms with E-state index in [1.54, 1.807) is 15.8 Å². The zero-order valence-electron chi connectivity index (χ0n) is 10.6. The Morgan fingerprint density at radius 2 is 2.25 bits per heavy atom. The van der Waals surface area contributed by atoms with Crippen LogP contribution >= 0.6 is 0 Å². The average molecular weight is 223 g/mol. The van der Waals surface area contributed by atoms with Gasteiger partial charge in [0.15, 0.2) is 0 Å². The summed E-state index contributed by atoms with van der Waals surface area (Å²) in [6.07, 6.45) is 5.32. The third-order valence-corrected chi connectivity index (χ3v) is 2.54. The van der Waals surface area contributed by atoms with Gasteiger partial charge in [-0.25, -0.2) is 0 Å². The summed E-state index contributed by atoms with van der Waals surface area (Å²) >= 11 is 0. The van der Waals surface area contributed by atoms with E-state index in [0.29, 0.717) is 18.9 Å². The van der Waals surface area contributed by atoms with Crippen molar-refractivity contribution in [1.29, 1.82) is 0 Å². The largest absolute Gasteiger partial charge is 0.341 e. The summed E-state index contributed by atoms with van der Waals surface area (Å²) in [7, 11) is 3.72. The van der Waals surface area contributed by atoms with Crippen molar-refractivity contribution in [3.63, 3.8) is 0 Å². The normalized spacial score (nSPS) is 10.8. The predicted octanol–water partition coefficient (Wildman–Crippen LogP) is 1.81. The highest BCUT2D eigenvalue weighted by Crippen LogP contribution is 2.08. The van der Waals surface area contributed by atoms with E-state index in [2.05, 4.69) is 18.9 Å². The molecule has 0 aromatic carbocycles. The minimum Gasteiger partial charge on any atom is -0.341 e. The lowest BCUT2D eigenvalue weighted by atomic mass is 10.1. The van der Waals surface area contributed by atoms with E-state index < -0.39 is 0 Å². The Kier molecular flexibility index (Phi) is 4.52. The van der Waals surface area contributed by atoms with Gasteiger partial charge in [-0.05, 0) is 12.3 Å². The maximum Gasteiger partial charge on any atom is 0.222 e. The molecule has 0 N–H and O–H groups in total. The van der Waals surface area contributed by atoms with Crippen molar-refractivity contribution in [2.75, 3.05) is 7.05 Å². The van der Waals surface area contributed by atoms with Crippen LogP contribution in [0.25, 0.3) is 0 Å². The first-order valence-corrected chi connectivity index (χ1v) is 5.70. The number of nitrogens with zero attached hydrogens (tertiary/aromatic N) is 3. The third kappa shape index (κ3) is 4.04. The first kappa shape index (κ1) is 12.7. The SMILES string of the molecule is CC(C)CCC(=O)N(C)Cc1cnn(C)c1. The van der Waals surface area contributed by atoms with Gasteiger partial charge < -0.3 is 4.90 Å². The van der Waals surface area contributed by atoms with Crippen molar-refractivity contribution in [2.24, 2.45) is 13.0 Å². The molecule has 1 heterocycles. The van der Waals surface area contributed by atoms with Crippen LogP contribution < -0.4 is 0 Å². The fourth-order valence-electron chi connectivity index (χ4n) is 1.52. The van der Waals surface area contributed by atoms with E-state index in [9.17, 15) is 4.79 Å². The van der Waals surface area contributed by atoms with Crippen LogP contribution in [-0.2, 0) is 18.4 Å². The number of aromatic nitrogens is 2. The fourth-order valence-corrected chi connectivity index (χ4v) is 1.52. The van der Waals surface area contributed by atoms with E-state index in [1.165, 1.54) is 0 Å². The Labute approximate surface area is 97.2 Å². The lowest BCUT2D eigenvalue weighted by Gasteiger charge is -2.16. The zero-order chi connectivity index (χ0) is 12.1. The molecule has 0 radical (unpaired) electrons. The molecule has 0 aliphatic rings. The second-order valence-corrected chi connectivity index (χ2v) is 4.70. The zero-order valence-corrected chi connectivity index (χ0v) is 10.6. The van der Waals surface area contributed by atoms with Gasteiger partial charge >= 0.3 is 0 Å². The Bertz CT molecular complexity index is 344. The minimum absolute atomic E-state index is 0.206. The summed E-state index contributed by atoms with van der Waals surface area (Å²) in [6.45, 7) is 4.91. The first-order valence-electron chi connectivity index (χ1n) is 5.70. The molecule has 1 aromatic rings. The molecule has 90 valence electrons. The molecule has 0 fully saturated rings. The van der Waals surface area contributed by atoms with Gasteiger partial charge in [0, 0.05) is 38.8 Å². The topological polar surface area (TPSA) is 38.1 Å². The number of rotatable bonds is 5. The number of hydrogen-bond donors (Lipinski definition) is 0. The Morgan fingerprint density at radius 3 is 2.75 bits per heavy atom. The van der Waals surface area contributed by atoms with Crippen molar-refractivity contribution >= 4 is 5.91 Å². The average Bonchev–Trinajstić information content (AvgIpc) is 2.60. The number of carbonyl (C=O) groups excluding carboxylic acids is 1. The van der Waals surface area contributed by atoms with Gasteiger partial charge in [0.25, 0.3) is 0 Å². The molecule has 0 atom stereocenters. The van der Waals surface area contributed by atoms with Gasteiger partial charge in [-0.1, -0.05) is 13.8 Å². The molecule has 0 saturated heterocycles. The van der Waals surface area contributed by atoms with Crippen LogP contribution in [0, 0.1) is 5.92 Å². The summed E-state index contributed by atoms with van der Waals surface area (Å²) in [5, 5.41) is 4.08. The summed E-state index contributed by atoms with van der Waals surface area (Å²) in [6, 6.07) is 0. The van der Waals surface area contributed by atoms with Gasteiger partial charge in [0.05, 0.1) is 6.20 Å². The lowest BCUT2D eigenvalue weighted by molar-refractivity contribution is -0.130. The van der Waals surface area contributed by atoms with Gasteiger partial charge in [-0.3, -0.25) is 9.48 Å². The van der Waals surface area contributed by atoms with Gasteiger partial charge in [-0.2, -0.15) is 5.10 Å². The van der Waals surface area contributed by atoms with Crippen LogP contribution in [0.1, 0.15) is 32.3 Å². The fraction of sp³-hybridized carbons (Fsp3) is 0.667. The monoisotopic (exact) mass is 223 g/mol. The molecule has 0 saturated carbocycles. The number of carbonyl (C=O) groups is 1. The van der Waals surface area contributed by atoms with Crippen molar-refractivity contribution in [3.8, 4) is 0 Å². The maximum atomic E-state index is 11.8. The van der Waals surface area contributed by atoms with Crippen molar-refractivity contribution in [2.45, 2.75) is 33.2 Å². The van der Waals surface area contributed by atoms with E-state index in [1.807, 2.05) is 20.3 Å². The standard InChI is InChI=1S/C12H21N3O/c1-10(2)5-6-12(16)14(3)8-11-7-13-15(4)9-11/h7,9-10H,5-6,8H2,1-4H3. The molecular weight excluding hydrogens is 202 g/mol. The minimum atomic E-state index is 0.206. The molecule has 0 aliphatic heterocycles. The lowest BCUT2D eigenvalue weighted by Crippen LogP contribution is -2.26. The molecule has 0 spiro atoms. The molecule has 16 heavy (non-hydrogen) atoms. The molecule has 4 nitrogen and oxygen atoms in total. The van der Waals surface area contributed by atoms with E-state index >= 15 is 0 Å². The summed E-state index contributed by atoms with van der Waals surface area (Å²) < 4.78 is 1.75. The van der Waals surface area contributed by atoms with E-state index in [4.69, 9.17) is 0 Å². The molecule has 1 rings (SSSR count). The molecule has 0 aliphatic carbocycles. The van der Waals surface area contributed by atoms with Crippen molar-refractivity contribution in [1.82, 2.24) is 14.7 Å².